The van der Waals surface area contributed by atoms with E-state index in [0.29, 0.717) is 22.0 Å². The van der Waals surface area contributed by atoms with Gasteiger partial charge in [-0.25, -0.2) is 0 Å². The SMILES string of the molecule is COc1ccc(Cl)cc1C(=O)Nc1ccc(-c2ccc(N3CCC(C)CC3)nn2)cc1. The van der Waals surface area contributed by atoms with Crippen LogP contribution in [0.1, 0.15) is 30.1 Å². The molecule has 2 aromatic carbocycles. The van der Waals surface area contributed by atoms with Crippen LogP contribution >= 0.6 is 11.6 Å². The van der Waals surface area contributed by atoms with Crippen LogP contribution in [0.25, 0.3) is 11.3 Å². The Hall–Kier alpha value is -3.12. The van der Waals surface area contributed by atoms with Crippen molar-refractivity contribution in [1.82, 2.24) is 10.2 Å². The van der Waals surface area contributed by atoms with Gasteiger partial charge in [0.2, 0.25) is 0 Å². The largest absolute Gasteiger partial charge is 0.496 e. The highest BCUT2D eigenvalue weighted by molar-refractivity contribution is 6.31. The number of halogens is 1. The van der Waals surface area contributed by atoms with E-state index in [-0.39, 0.29) is 5.91 Å². The summed E-state index contributed by atoms with van der Waals surface area (Å²) in [7, 11) is 1.52. The molecule has 0 bridgehead atoms. The van der Waals surface area contributed by atoms with Crippen molar-refractivity contribution in [2.24, 2.45) is 5.92 Å². The fourth-order valence-corrected chi connectivity index (χ4v) is 3.84. The number of carbonyl (C=O) groups excluding carboxylic acids is 1. The van der Waals surface area contributed by atoms with E-state index in [2.05, 4.69) is 27.3 Å². The van der Waals surface area contributed by atoms with Crippen molar-refractivity contribution >= 4 is 29.0 Å². The molecule has 1 amide bonds. The monoisotopic (exact) mass is 436 g/mol. The Labute approximate surface area is 187 Å². The van der Waals surface area contributed by atoms with Crippen LogP contribution in [0, 0.1) is 5.92 Å². The molecular formula is C24H25ClN4O2. The molecule has 1 aromatic heterocycles. The fourth-order valence-electron chi connectivity index (χ4n) is 3.67. The van der Waals surface area contributed by atoms with Gasteiger partial charge in [0.15, 0.2) is 5.82 Å². The molecule has 4 rings (SSSR count). The zero-order valence-electron chi connectivity index (χ0n) is 17.6. The molecule has 1 fully saturated rings. The summed E-state index contributed by atoms with van der Waals surface area (Å²) in [5.74, 6) is 1.89. The van der Waals surface area contributed by atoms with Crippen molar-refractivity contribution in [3.05, 3.63) is 65.2 Å². The minimum absolute atomic E-state index is 0.285. The highest BCUT2D eigenvalue weighted by Crippen LogP contribution is 2.26. The van der Waals surface area contributed by atoms with E-state index in [0.717, 1.165) is 36.1 Å². The Morgan fingerprint density at radius 2 is 1.81 bits per heavy atom. The zero-order valence-corrected chi connectivity index (χ0v) is 18.4. The molecule has 160 valence electrons. The molecule has 1 aliphatic heterocycles. The molecule has 1 saturated heterocycles. The van der Waals surface area contributed by atoms with E-state index in [1.165, 1.54) is 20.0 Å². The van der Waals surface area contributed by atoms with Crippen LogP contribution in [0.4, 0.5) is 11.5 Å². The summed E-state index contributed by atoms with van der Waals surface area (Å²) >= 11 is 6.03. The van der Waals surface area contributed by atoms with Gasteiger partial charge < -0.3 is 15.0 Å². The number of hydrogen-bond acceptors (Lipinski definition) is 5. The van der Waals surface area contributed by atoms with Gasteiger partial charge in [-0.1, -0.05) is 30.7 Å². The van der Waals surface area contributed by atoms with Crippen molar-refractivity contribution < 1.29 is 9.53 Å². The van der Waals surface area contributed by atoms with E-state index in [1.54, 1.807) is 18.2 Å². The van der Waals surface area contributed by atoms with Crippen LogP contribution < -0.4 is 15.0 Å². The fraction of sp³-hybridized carbons (Fsp3) is 0.292. The Bertz CT molecular complexity index is 1050. The first kappa shape index (κ1) is 21.1. The molecule has 0 radical (unpaired) electrons. The van der Waals surface area contributed by atoms with Gasteiger partial charge in [-0.2, -0.15) is 0 Å². The van der Waals surface area contributed by atoms with Crippen LogP contribution in [0.5, 0.6) is 5.75 Å². The highest BCUT2D eigenvalue weighted by atomic mass is 35.5. The second-order valence-corrected chi connectivity index (χ2v) is 8.26. The quantitative estimate of drug-likeness (QED) is 0.588. The topological polar surface area (TPSA) is 67.3 Å². The third-order valence-corrected chi connectivity index (χ3v) is 5.84. The molecule has 0 atom stereocenters. The summed E-state index contributed by atoms with van der Waals surface area (Å²) in [6, 6.07) is 16.5. The number of hydrogen-bond donors (Lipinski definition) is 1. The average molecular weight is 437 g/mol. The van der Waals surface area contributed by atoms with E-state index >= 15 is 0 Å². The molecule has 2 heterocycles. The smallest absolute Gasteiger partial charge is 0.259 e. The summed E-state index contributed by atoms with van der Waals surface area (Å²) in [6.07, 6.45) is 2.38. The third kappa shape index (κ3) is 4.97. The Morgan fingerprint density at radius 1 is 1.06 bits per heavy atom. The van der Waals surface area contributed by atoms with Gasteiger partial charge in [0.05, 0.1) is 18.4 Å². The second-order valence-electron chi connectivity index (χ2n) is 7.82. The number of ether oxygens (including phenoxy) is 1. The normalized spacial score (nSPS) is 14.4. The number of anilines is 2. The van der Waals surface area contributed by atoms with Gasteiger partial charge in [0.25, 0.3) is 5.91 Å². The summed E-state index contributed by atoms with van der Waals surface area (Å²) in [6.45, 7) is 4.35. The molecule has 6 nitrogen and oxygen atoms in total. The van der Waals surface area contributed by atoms with Crippen molar-refractivity contribution in [3.8, 4) is 17.0 Å². The standard InChI is InChI=1S/C24H25ClN4O2/c1-16-11-13-29(14-12-16)23-10-8-21(27-28-23)17-3-6-19(7-4-17)26-24(30)20-15-18(25)5-9-22(20)31-2/h3-10,15-16H,11-14H2,1-2H3,(H,26,30). The number of carbonyl (C=O) groups is 1. The Balaban J connectivity index is 1.43. The molecule has 7 heteroatoms. The lowest BCUT2D eigenvalue weighted by Gasteiger charge is -2.30. The molecule has 0 unspecified atom stereocenters. The number of benzene rings is 2. The second kappa shape index (κ2) is 9.35. The maximum atomic E-state index is 12.6. The number of nitrogens with one attached hydrogen (secondary N) is 1. The van der Waals surface area contributed by atoms with E-state index in [4.69, 9.17) is 16.3 Å². The van der Waals surface area contributed by atoms with Gasteiger partial charge in [-0.05, 0) is 61.2 Å². The van der Waals surface area contributed by atoms with Crippen LogP contribution in [0.15, 0.2) is 54.6 Å². The number of amides is 1. The maximum Gasteiger partial charge on any atom is 0.259 e. The number of nitrogens with zero attached hydrogens (tertiary/aromatic N) is 3. The van der Waals surface area contributed by atoms with Crippen LogP contribution in [-0.4, -0.2) is 36.3 Å². The predicted molar refractivity (Wildman–Crippen MR) is 124 cm³/mol. The van der Waals surface area contributed by atoms with Crippen molar-refractivity contribution in [2.75, 3.05) is 30.4 Å². The van der Waals surface area contributed by atoms with E-state index in [1.807, 2.05) is 36.4 Å². The molecule has 0 spiro atoms. The van der Waals surface area contributed by atoms with Gasteiger partial charge in [-0.3, -0.25) is 4.79 Å². The molecule has 1 aliphatic rings. The van der Waals surface area contributed by atoms with E-state index < -0.39 is 0 Å². The van der Waals surface area contributed by atoms with Crippen molar-refractivity contribution in [3.63, 3.8) is 0 Å². The third-order valence-electron chi connectivity index (χ3n) is 5.60. The predicted octanol–water partition coefficient (Wildman–Crippen LogP) is 5.29. The number of aromatic nitrogens is 2. The number of piperidine rings is 1. The molecule has 31 heavy (non-hydrogen) atoms. The van der Waals surface area contributed by atoms with Gasteiger partial charge in [-0.15, -0.1) is 10.2 Å². The molecular weight excluding hydrogens is 412 g/mol. The van der Waals surface area contributed by atoms with E-state index in [9.17, 15) is 4.79 Å². The van der Waals surface area contributed by atoms with Crippen LogP contribution in [0.3, 0.4) is 0 Å². The first-order valence-electron chi connectivity index (χ1n) is 10.4. The van der Waals surface area contributed by atoms with Crippen LogP contribution in [0.2, 0.25) is 5.02 Å². The average Bonchev–Trinajstić information content (AvgIpc) is 2.80. The number of rotatable bonds is 5. The first-order chi connectivity index (χ1) is 15.0. The zero-order chi connectivity index (χ0) is 21.8. The maximum absolute atomic E-state index is 12.6. The summed E-state index contributed by atoms with van der Waals surface area (Å²) < 4.78 is 5.26. The lowest BCUT2D eigenvalue weighted by molar-refractivity contribution is 0.102. The van der Waals surface area contributed by atoms with Gasteiger partial charge in [0.1, 0.15) is 5.75 Å². The minimum Gasteiger partial charge on any atom is -0.496 e. The van der Waals surface area contributed by atoms with Crippen LogP contribution in [-0.2, 0) is 0 Å². The number of methoxy groups -OCH3 is 1. The lowest BCUT2D eigenvalue weighted by atomic mass is 9.99. The summed E-state index contributed by atoms with van der Waals surface area (Å²) in [4.78, 5) is 14.9. The highest BCUT2D eigenvalue weighted by Gasteiger charge is 2.17. The van der Waals surface area contributed by atoms with Gasteiger partial charge in [0, 0.05) is 29.4 Å². The minimum atomic E-state index is -0.285. The summed E-state index contributed by atoms with van der Waals surface area (Å²) in [5.41, 5.74) is 2.78. The van der Waals surface area contributed by atoms with Gasteiger partial charge >= 0.3 is 0 Å². The summed E-state index contributed by atoms with van der Waals surface area (Å²) in [5, 5.41) is 12.2. The molecule has 0 aliphatic carbocycles. The first-order valence-corrected chi connectivity index (χ1v) is 10.8. The molecule has 3 aromatic rings. The Kier molecular flexibility index (Phi) is 6.37. The van der Waals surface area contributed by atoms with Crippen molar-refractivity contribution in [1.29, 1.82) is 0 Å². The van der Waals surface area contributed by atoms with Crippen molar-refractivity contribution in [2.45, 2.75) is 19.8 Å². The molecule has 1 N–H and O–H groups in total. The lowest BCUT2D eigenvalue weighted by Crippen LogP contribution is -2.33. The Morgan fingerprint density at radius 3 is 2.45 bits per heavy atom. The molecule has 0 saturated carbocycles.